The van der Waals surface area contributed by atoms with Crippen LogP contribution >= 0.6 is 0 Å². The molecule has 0 aliphatic carbocycles. The summed E-state index contributed by atoms with van der Waals surface area (Å²) in [6.45, 7) is 0.843. The number of aromatic nitrogens is 2. The summed E-state index contributed by atoms with van der Waals surface area (Å²) in [7, 11) is 0. The summed E-state index contributed by atoms with van der Waals surface area (Å²) in [5.41, 5.74) is 2.13. The second-order valence-corrected chi connectivity index (χ2v) is 5.96. The molecule has 1 aliphatic rings. The molecule has 1 aliphatic heterocycles. The number of ether oxygens (including phenoxy) is 2. The first kappa shape index (κ1) is 15.5. The largest absolute Gasteiger partial charge is 0.454 e. The van der Waals surface area contributed by atoms with E-state index in [0.717, 1.165) is 28.4 Å². The van der Waals surface area contributed by atoms with E-state index >= 15 is 0 Å². The molecule has 128 valence electrons. The average molecular weight is 337 g/mol. The Hall–Kier alpha value is -3.02. The number of hydrogen-bond donors (Lipinski definition) is 1. The molecule has 1 amide bonds. The number of fused-ring (bicyclic) bond motifs is 2. The van der Waals surface area contributed by atoms with Crippen LogP contribution in [0, 0.1) is 0 Å². The molecule has 25 heavy (non-hydrogen) atoms. The number of nitrogens with zero attached hydrogens (tertiary/aromatic N) is 2. The van der Waals surface area contributed by atoms with E-state index in [0.29, 0.717) is 25.8 Å². The lowest BCUT2D eigenvalue weighted by Gasteiger charge is -2.06. The second-order valence-electron chi connectivity index (χ2n) is 5.96. The van der Waals surface area contributed by atoms with Crippen molar-refractivity contribution < 1.29 is 14.3 Å². The molecule has 1 aromatic carbocycles. The Balaban J connectivity index is 1.25. The van der Waals surface area contributed by atoms with Gasteiger partial charge < -0.3 is 19.2 Å². The van der Waals surface area contributed by atoms with Crippen molar-refractivity contribution in [3.63, 3.8) is 0 Å². The smallest absolute Gasteiger partial charge is 0.231 e. The Labute approximate surface area is 145 Å². The first-order chi connectivity index (χ1) is 12.3. The first-order valence-corrected chi connectivity index (χ1v) is 8.36. The SMILES string of the molecule is O=C(CCc1ccc2c(c1)OCO2)NCCc1ncc2ccccn12. The number of pyridine rings is 1. The molecule has 3 aromatic rings. The van der Waals surface area contributed by atoms with Gasteiger partial charge in [0.1, 0.15) is 5.82 Å². The maximum atomic E-state index is 12.0. The number of benzene rings is 1. The van der Waals surface area contributed by atoms with E-state index in [1.165, 1.54) is 0 Å². The van der Waals surface area contributed by atoms with Gasteiger partial charge in [0.05, 0.1) is 11.7 Å². The maximum Gasteiger partial charge on any atom is 0.231 e. The summed E-state index contributed by atoms with van der Waals surface area (Å²) in [5.74, 6) is 2.51. The van der Waals surface area contributed by atoms with E-state index in [1.807, 2.05) is 53.2 Å². The third-order valence-corrected chi connectivity index (χ3v) is 4.26. The van der Waals surface area contributed by atoms with Gasteiger partial charge in [0.25, 0.3) is 0 Å². The Bertz CT molecular complexity index is 904. The number of nitrogens with one attached hydrogen (secondary N) is 1. The molecular formula is C19H19N3O3. The lowest BCUT2D eigenvalue weighted by atomic mass is 10.1. The summed E-state index contributed by atoms with van der Waals surface area (Å²) in [6.07, 6.45) is 5.65. The van der Waals surface area contributed by atoms with Gasteiger partial charge in [0.2, 0.25) is 12.7 Å². The average Bonchev–Trinajstić information content (AvgIpc) is 3.26. The first-order valence-electron chi connectivity index (χ1n) is 8.36. The summed E-state index contributed by atoms with van der Waals surface area (Å²) in [4.78, 5) is 16.5. The molecular weight excluding hydrogens is 318 g/mol. The highest BCUT2D eigenvalue weighted by molar-refractivity contribution is 5.76. The van der Waals surface area contributed by atoms with E-state index in [4.69, 9.17) is 9.47 Å². The van der Waals surface area contributed by atoms with Crippen LogP contribution in [-0.2, 0) is 17.6 Å². The number of aryl methyl sites for hydroxylation is 1. The standard InChI is InChI=1S/C19H19N3O3/c23-19(7-5-14-4-6-16-17(11-14)25-13-24-16)20-9-8-18-21-12-15-3-1-2-10-22(15)18/h1-4,6,10-12H,5,7-9,13H2,(H,20,23). The molecule has 0 bridgehead atoms. The number of carbonyl (C=O) groups excluding carboxylic acids is 1. The van der Waals surface area contributed by atoms with Gasteiger partial charge >= 0.3 is 0 Å². The Morgan fingerprint density at radius 1 is 1.16 bits per heavy atom. The fourth-order valence-corrected chi connectivity index (χ4v) is 2.94. The van der Waals surface area contributed by atoms with Crippen molar-refractivity contribution in [1.82, 2.24) is 14.7 Å². The van der Waals surface area contributed by atoms with Crippen molar-refractivity contribution in [3.8, 4) is 11.5 Å². The molecule has 0 fully saturated rings. The minimum atomic E-state index is 0.0403. The van der Waals surface area contributed by atoms with E-state index in [1.54, 1.807) is 0 Å². The van der Waals surface area contributed by atoms with Gasteiger partial charge in [-0.25, -0.2) is 4.98 Å². The lowest BCUT2D eigenvalue weighted by Crippen LogP contribution is -2.26. The van der Waals surface area contributed by atoms with Crippen molar-refractivity contribution in [2.24, 2.45) is 0 Å². The van der Waals surface area contributed by atoms with Gasteiger partial charge in [0, 0.05) is 25.6 Å². The zero-order valence-electron chi connectivity index (χ0n) is 13.8. The summed E-state index contributed by atoms with van der Waals surface area (Å²) < 4.78 is 12.7. The van der Waals surface area contributed by atoms with E-state index < -0.39 is 0 Å². The molecule has 0 spiro atoms. The van der Waals surface area contributed by atoms with Gasteiger partial charge in [-0.05, 0) is 36.2 Å². The van der Waals surface area contributed by atoms with E-state index in [-0.39, 0.29) is 12.7 Å². The number of imidazole rings is 1. The zero-order chi connectivity index (χ0) is 17.1. The highest BCUT2D eigenvalue weighted by Gasteiger charge is 2.13. The van der Waals surface area contributed by atoms with E-state index in [9.17, 15) is 4.79 Å². The fourth-order valence-electron chi connectivity index (χ4n) is 2.94. The van der Waals surface area contributed by atoms with Gasteiger partial charge in [-0.3, -0.25) is 4.79 Å². The topological polar surface area (TPSA) is 64.9 Å². The second kappa shape index (κ2) is 6.84. The van der Waals surface area contributed by atoms with E-state index in [2.05, 4.69) is 10.3 Å². The third-order valence-electron chi connectivity index (χ3n) is 4.26. The molecule has 0 saturated carbocycles. The van der Waals surface area contributed by atoms with Crippen LogP contribution < -0.4 is 14.8 Å². The minimum absolute atomic E-state index is 0.0403. The molecule has 4 rings (SSSR count). The van der Waals surface area contributed by atoms with Crippen LogP contribution in [0.2, 0.25) is 0 Å². The fraction of sp³-hybridized carbons (Fsp3) is 0.263. The number of rotatable bonds is 6. The zero-order valence-corrected chi connectivity index (χ0v) is 13.8. The number of carbonyl (C=O) groups is 1. The monoisotopic (exact) mass is 337 g/mol. The molecule has 0 atom stereocenters. The van der Waals surface area contributed by atoms with Crippen molar-refractivity contribution >= 4 is 11.4 Å². The number of hydrogen-bond acceptors (Lipinski definition) is 4. The maximum absolute atomic E-state index is 12.0. The predicted molar refractivity (Wildman–Crippen MR) is 92.8 cm³/mol. The highest BCUT2D eigenvalue weighted by atomic mass is 16.7. The van der Waals surface area contributed by atoms with Crippen LogP contribution in [-0.4, -0.2) is 28.6 Å². The summed E-state index contributed by atoms with van der Waals surface area (Å²) >= 11 is 0. The summed E-state index contributed by atoms with van der Waals surface area (Å²) in [6, 6.07) is 11.8. The van der Waals surface area contributed by atoms with Crippen LogP contribution in [0.25, 0.3) is 5.52 Å². The normalized spacial score (nSPS) is 12.5. The molecule has 1 N–H and O–H groups in total. The van der Waals surface area contributed by atoms with Gasteiger partial charge in [0.15, 0.2) is 11.5 Å². The van der Waals surface area contributed by atoms with Gasteiger partial charge in [-0.1, -0.05) is 12.1 Å². The van der Waals surface area contributed by atoms with Crippen LogP contribution in [0.4, 0.5) is 0 Å². The quantitative estimate of drug-likeness (QED) is 0.750. The Kier molecular flexibility index (Phi) is 4.24. The highest BCUT2D eigenvalue weighted by Crippen LogP contribution is 2.32. The molecule has 0 unspecified atom stereocenters. The lowest BCUT2D eigenvalue weighted by molar-refractivity contribution is -0.121. The van der Waals surface area contributed by atoms with Crippen LogP contribution in [0.1, 0.15) is 17.8 Å². The number of amides is 1. The minimum Gasteiger partial charge on any atom is -0.454 e. The molecule has 6 nitrogen and oxygen atoms in total. The van der Waals surface area contributed by atoms with Crippen LogP contribution in [0.15, 0.2) is 48.8 Å². The van der Waals surface area contributed by atoms with Crippen molar-refractivity contribution in [2.75, 3.05) is 13.3 Å². The molecule has 3 heterocycles. The molecule has 6 heteroatoms. The van der Waals surface area contributed by atoms with Gasteiger partial charge in [-0.15, -0.1) is 0 Å². The van der Waals surface area contributed by atoms with Crippen LogP contribution in [0.5, 0.6) is 11.5 Å². The molecule has 0 saturated heterocycles. The Morgan fingerprint density at radius 2 is 2.08 bits per heavy atom. The molecule has 2 aromatic heterocycles. The molecule has 0 radical (unpaired) electrons. The predicted octanol–water partition coefficient (Wildman–Crippen LogP) is 2.35. The third kappa shape index (κ3) is 3.42. The van der Waals surface area contributed by atoms with Crippen LogP contribution in [0.3, 0.4) is 0 Å². The van der Waals surface area contributed by atoms with Crippen molar-refractivity contribution in [1.29, 1.82) is 0 Å². The summed E-state index contributed by atoms with van der Waals surface area (Å²) in [5, 5.41) is 2.96. The van der Waals surface area contributed by atoms with Crippen molar-refractivity contribution in [3.05, 3.63) is 60.2 Å². The van der Waals surface area contributed by atoms with Gasteiger partial charge in [-0.2, -0.15) is 0 Å². The van der Waals surface area contributed by atoms with Crippen molar-refractivity contribution in [2.45, 2.75) is 19.3 Å². The Morgan fingerprint density at radius 3 is 3.04 bits per heavy atom.